The van der Waals surface area contributed by atoms with E-state index in [2.05, 4.69) is 9.97 Å². The van der Waals surface area contributed by atoms with Crippen LogP contribution in [-0.4, -0.2) is 9.97 Å². The first-order valence-electron chi connectivity index (χ1n) is 6.84. The minimum atomic E-state index is 0.429. The minimum Gasteiger partial charge on any atom is -0.244 e. The highest BCUT2D eigenvalue weighted by molar-refractivity contribution is 6.36. The van der Waals surface area contributed by atoms with Crippen molar-refractivity contribution in [3.63, 3.8) is 0 Å². The molecule has 0 saturated carbocycles. The predicted octanol–water partition coefficient (Wildman–Crippen LogP) is 6.43. The van der Waals surface area contributed by atoms with E-state index in [-0.39, 0.29) is 0 Å². The van der Waals surface area contributed by atoms with Crippen LogP contribution in [0.2, 0.25) is 15.5 Å². The van der Waals surface area contributed by atoms with Crippen LogP contribution in [0, 0.1) is 0 Å². The van der Waals surface area contributed by atoms with E-state index < -0.39 is 0 Å². The fourth-order valence-corrected chi connectivity index (χ4v) is 2.86. The van der Waals surface area contributed by atoms with Crippen molar-refractivity contribution >= 4 is 56.3 Å². The summed E-state index contributed by atoms with van der Waals surface area (Å²) in [5.74, 6) is 0. The van der Waals surface area contributed by atoms with Gasteiger partial charge in [0.05, 0.1) is 0 Å². The molecule has 0 radical (unpaired) electrons. The normalized spacial score (nSPS) is 10.4. The van der Waals surface area contributed by atoms with E-state index in [1.54, 1.807) is 12.3 Å². The van der Waals surface area contributed by atoms with Gasteiger partial charge in [-0.05, 0) is 22.9 Å². The number of halogens is 3. The lowest BCUT2D eigenvalue weighted by atomic mass is 10.2. The lowest BCUT2D eigenvalue weighted by Crippen LogP contribution is -1.79. The van der Waals surface area contributed by atoms with Crippen molar-refractivity contribution < 1.29 is 0 Å². The van der Waals surface area contributed by atoms with Crippen molar-refractivity contribution in [2.24, 2.45) is 0 Å². The molecule has 5 heteroatoms. The topological polar surface area (TPSA) is 25.8 Å². The maximum Gasteiger partial charge on any atom is 0.138 e. The molecule has 0 unspecified atom stereocenters. The molecule has 4 aromatic rings. The Hall–Kier alpha value is -1.87. The molecule has 0 fully saturated rings. The van der Waals surface area contributed by atoms with Crippen LogP contribution in [0.1, 0.15) is 0 Å². The zero-order valence-corrected chi connectivity index (χ0v) is 14.1. The highest BCUT2D eigenvalue weighted by Gasteiger charge is 2.00. The summed E-state index contributed by atoms with van der Waals surface area (Å²) >= 11 is 17.3. The van der Waals surface area contributed by atoms with Gasteiger partial charge in [0.2, 0.25) is 0 Å². The van der Waals surface area contributed by atoms with Crippen molar-refractivity contribution in [1.82, 2.24) is 9.97 Å². The third-order valence-corrected chi connectivity index (χ3v) is 3.95. The fraction of sp³-hybridized carbons (Fsp3) is 0. The van der Waals surface area contributed by atoms with Crippen LogP contribution in [0.15, 0.2) is 66.9 Å². The Kier molecular flexibility index (Phi) is 4.97. The standard InChI is InChI=1S/C9H5Cl2N.C9H6ClN/c10-8-5-6-3-1-2-4-7(6)9(11)12-8;10-9-5-7-3-1-2-4-8(7)6-11-9/h1-5H;1-6H. The molecule has 2 heterocycles. The second kappa shape index (κ2) is 7.14. The van der Waals surface area contributed by atoms with E-state index >= 15 is 0 Å². The summed E-state index contributed by atoms with van der Waals surface area (Å²) in [6, 6.07) is 19.4. The van der Waals surface area contributed by atoms with E-state index in [1.165, 1.54) is 0 Å². The molecule has 2 aromatic carbocycles. The number of aromatic nitrogens is 2. The van der Waals surface area contributed by atoms with E-state index in [9.17, 15) is 0 Å². The summed E-state index contributed by atoms with van der Waals surface area (Å²) in [7, 11) is 0. The molecule has 0 amide bonds. The molecule has 2 aromatic heterocycles. The van der Waals surface area contributed by atoms with E-state index in [4.69, 9.17) is 34.8 Å². The molecule has 0 bridgehead atoms. The van der Waals surface area contributed by atoms with Crippen LogP contribution in [0.25, 0.3) is 21.5 Å². The van der Waals surface area contributed by atoms with Crippen LogP contribution in [0.5, 0.6) is 0 Å². The van der Waals surface area contributed by atoms with Crippen LogP contribution in [0.3, 0.4) is 0 Å². The van der Waals surface area contributed by atoms with Gasteiger partial charge in [0.15, 0.2) is 0 Å². The number of pyridine rings is 2. The third kappa shape index (κ3) is 3.91. The molecule has 0 spiro atoms. The van der Waals surface area contributed by atoms with Crippen molar-refractivity contribution in [1.29, 1.82) is 0 Å². The van der Waals surface area contributed by atoms with E-state index in [0.717, 1.165) is 21.5 Å². The number of fused-ring (bicyclic) bond motifs is 2. The van der Waals surface area contributed by atoms with Crippen molar-refractivity contribution in [3.8, 4) is 0 Å². The molecule has 0 aliphatic carbocycles. The smallest absolute Gasteiger partial charge is 0.138 e. The van der Waals surface area contributed by atoms with E-state index in [1.807, 2.05) is 54.6 Å². The number of nitrogens with zero attached hydrogens (tertiary/aromatic N) is 2. The summed E-state index contributed by atoms with van der Waals surface area (Å²) in [6.07, 6.45) is 1.78. The molecule has 0 N–H and O–H groups in total. The third-order valence-electron chi connectivity index (χ3n) is 3.26. The highest BCUT2D eigenvalue weighted by atomic mass is 35.5. The monoisotopic (exact) mass is 360 g/mol. The van der Waals surface area contributed by atoms with Gasteiger partial charge in [0.25, 0.3) is 0 Å². The molecule has 0 saturated heterocycles. The first kappa shape index (κ1) is 16.0. The predicted molar refractivity (Wildman–Crippen MR) is 98.5 cm³/mol. The van der Waals surface area contributed by atoms with Gasteiger partial charge in [-0.15, -0.1) is 0 Å². The second-order valence-corrected chi connectivity index (χ2v) is 5.94. The second-order valence-electron chi connectivity index (χ2n) is 4.81. The summed E-state index contributed by atoms with van der Waals surface area (Å²) < 4.78 is 0. The largest absolute Gasteiger partial charge is 0.244 e. The van der Waals surface area contributed by atoms with Gasteiger partial charge in [0, 0.05) is 17.0 Å². The Morgan fingerprint density at radius 3 is 2.04 bits per heavy atom. The fourth-order valence-electron chi connectivity index (χ4n) is 2.18. The molecule has 4 rings (SSSR count). The SMILES string of the molecule is Clc1cc2ccccc2c(Cl)n1.Clc1cc2ccccc2cn1. The average Bonchev–Trinajstić information content (AvgIpc) is 2.55. The summed E-state index contributed by atoms with van der Waals surface area (Å²) in [6.45, 7) is 0. The minimum absolute atomic E-state index is 0.429. The van der Waals surface area contributed by atoms with Crippen LogP contribution < -0.4 is 0 Å². The average molecular weight is 362 g/mol. The quantitative estimate of drug-likeness (QED) is 0.337. The number of hydrogen-bond donors (Lipinski definition) is 0. The van der Waals surface area contributed by atoms with E-state index in [0.29, 0.717) is 15.5 Å². The first-order chi connectivity index (χ1) is 11.1. The molecule has 0 aliphatic heterocycles. The van der Waals surface area contributed by atoms with Crippen LogP contribution in [-0.2, 0) is 0 Å². The molecule has 114 valence electrons. The maximum absolute atomic E-state index is 5.87. The Morgan fingerprint density at radius 1 is 0.652 bits per heavy atom. The Morgan fingerprint density at radius 2 is 1.26 bits per heavy atom. The van der Waals surface area contributed by atoms with Crippen molar-refractivity contribution in [2.45, 2.75) is 0 Å². The maximum atomic E-state index is 5.87. The van der Waals surface area contributed by atoms with Gasteiger partial charge in [-0.25, -0.2) is 9.97 Å². The molecule has 0 atom stereocenters. The number of hydrogen-bond acceptors (Lipinski definition) is 2. The van der Waals surface area contributed by atoms with Gasteiger partial charge in [0.1, 0.15) is 15.5 Å². The Labute approximate surface area is 148 Å². The lowest BCUT2D eigenvalue weighted by Gasteiger charge is -1.98. The zero-order valence-electron chi connectivity index (χ0n) is 11.9. The molecule has 23 heavy (non-hydrogen) atoms. The Balaban J connectivity index is 0.000000136. The van der Waals surface area contributed by atoms with Gasteiger partial charge in [-0.3, -0.25) is 0 Å². The highest BCUT2D eigenvalue weighted by Crippen LogP contribution is 2.23. The van der Waals surface area contributed by atoms with Crippen molar-refractivity contribution in [2.75, 3.05) is 0 Å². The Bertz CT molecular complexity index is 970. The van der Waals surface area contributed by atoms with Gasteiger partial charge in [-0.2, -0.15) is 0 Å². The summed E-state index contributed by atoms with van der Waals surface area (Å²) in [5, 5.41) is 5.64. The molecular weight excluding hydrogens is 351 g/mol. The van der Waals surface area contributed by atoms with Gasteiger partial charge >= 0.3 is 0 Å². The molecule has 0 aliphatic rings. The number of benzene rings is 2. The van der Waals surface area contributed by atoms with Gasteiger partial charge in [-0.1, -0.05) is 83.3 Å². The molecule has 2 nitrogen and oxygen atoms in total. The molecular formula is C18H11Cl3N2. The van der Waals surface area contributed by atoms with Crippen molar-refractivity contribution in [3.05, 3.63) is 82.3 Å². The van der Waals surface area contributed by atoms with Crippen LogP contribution >= 0.6 is 34.8 Å². The lowest BCUT2D eigenvalue weighted by molar-refractivity contribution is 1.36. The van der Waals surface area contributed by atoms with Crippen LogP contribution in [0.4, 0.5) is 0 Å². The van der Waals surface area contributed by atoms with Gasteiger partial charge < -0.3 is 0 Å². The summed E-state index contributed by atoms with van der Waals surface area (Å²) in [4.78, 5) is 7.91. The zero-order chi connectivity index (χ0) is 16.2. The summed E-state index contributed by atoms with van der Waals surface area (Å²) in [5.41, 5.74) is 0. The number of rotatable bonds is 0. The first-order valence-corrected chi connectivity index (χ1v) is 7.98.